The largest absolute Gasteiger partial charge is 0.467 e. The first-order valence-electron chi connectivity index (χ1n) is 11.6. The molecule has 196 valence electrons. The molecule has 1 aliphatic rings. The van der Waals surface area contributed by atoms with Crippen molar-refractivity contribution in [1.29, 1.82) is 0 Å². The van der Waals surface area contributed by atoms with Gasteiger partial charge in [0.05, 0.1) is 30.5 Å². The predicted molar refractivity (Wildman–Crippen MR) is 144 cm³/mol. The summed E-state index contributed by atoms with van der Waals surface area (Å²) in [6.07, 6.45) is 8.58. The number of hydrogen-bond acceptors (Lipinski definition) is 7. The number of furan rings is 1. The molecule has 1 atom stereocenters. The van der Waals surface area contributed by atoms with Crippen LogP contribution in [-0.4, -0.2) is 53.8 Å². The van der Waals surface area contributed by atoms with E-state index < -0.39 is 16.2 Å². The molecule has 4 rings (SSSR count). The van der Waals surface area contributed by atoms with Crippen molar-refractivity contribution in [3.05, 3.63) is 115 Å². The van der Waals surface area contributed by atoms with Gasteiger partial charge in [0.15, 0.2) is 0 Å². The number of nitrogens with zero attached hydrogens (tertiary/aromatic N) is 2. The Morgan fingerprint density at radius 3 is 2.16 bits per heavy atom. The van der Waals surface area contributed by atoms with E-state index >= 15 is 0 Å². The van der Waals surface area contributed by atoms with Crippen molar-refractivity contribution in [2.45, 2.75) is 24.2 Å². The van der Waals surface area contributed by atoms with E-state index in [-0.39, 0.29) is 11.5 Å². The highest BCUT2D eigenvalue weighted by Crippen LogP contribution is 2.14. The number of aliphatic hydroxyl groups is 1. The maximum Gasteiger partial charge on any atom is 0.294 e. The number of hydrogen-bond donors (Lipinski definition) is 2. The standard InChI is InChI=1S/C20H24N2O3.C8H8O3S/c1-2-17-5-7-18(8-6-17)12-21-9-10-22(16-21)13-19(23)14-24-15-20-4-3-11-25-20;1-2-7-3-5-8(6-4-7)12(9,10)11/h2-11,19,23H,1,12-16H2;2-6H,1H2,(H,9,10,11). The molecule has 0 amide bonds. The highest BCUT2D eigenvalue weighted by Gasteiger charge is 2.16. The molecule has 37 heavy (non-hydrogen) atoms. The number of rotatable bonds is 11. The van der Waals surface area contributed by atoms with Crippen LogP contribution in [0.2, 0.25) is 0 Å². The van der Waals surface area contributed by atoms with Crippen molar-refractivity contribution < 1.29 is 27.2 Å². The minimum Gasteiger partial charge on any atom is -0.467 e. The van der Waals surface area contributed by atoms with Crippen LogP contribution in [0.5, 0.6) is 0 Å². The van der Waals surface area contributed by atoms with Crippen LogP contribution >= 0.6 is 0 Å². The van der Waals surface area contributed by atoms with Gasteiger partial charge in [-0.2, -0.15) is 8.42 Å². The summed E-state index contributed by atoms with van der Waals surface area (Å²) in [6.45, 7) is 10.1. The van der Waals surface area contributed by atoms with Crippen LogP contribution in [0, 0.1) is 0 Å². The van der Waals surface area contributed by atoms with E-state index in [0.29, 0.717) is 13.2 Å². The van der Waals surface area contributed by atoms with Gasteiger partial charge in [-0.3, -0.25) is 4.55 Å². The first-order chi connectivity index (χ1) is 17.8. The first-order valence-corrected chi connectivity index (χ1v) is 13.1. The minimum absolute atomic E-state index is 0.104. The fourth-order valence-corrected chi connectivity index (χ4v) is 4.00. The maximum atomic E-state index is 10.6. The molecule has 2 heterocycles. The lowest BCUT2D eigenvalue weighted by Gasteiger charge is -2.23. The lowest BCUT2D eigenvalue weighted by atomic mass is 10.1. The monoisotopic (exact) mass is 524 g/mol. The van der Waals surface area contributed by atoms with Gasteiger partial charge >= 0.3 is 0 Å². The summed E-state index contributed by atoms with van der Waals surface area (Å²) in [5, 5.41) is 10.1. The van der Waals surface area contributed by atoms with E-state index in [1.165, 1.54) is 17.7 Å². The second-order valence-corrected chi connectivity index (χ2v) is 9.82. The summed E-state index contributed by atoms with van der Waals surface area (Å²) in [5.74, 6) is 0.766. The molecule has 0 saturated heterocycles. The third-order valence-corrected chi connectivity index (χ3v) is 6.31. The summed E-state index contributed by atoms with van der Waals surface area (Å²) in [7, 11) is -4.06. The molecule has 9 heteroatoms. The van der Waals surface area contributed by atoms with Gasteiger partial charge in [0.1, 0.15) is 12.4 Å². The van der Waals surface area contributed by atoms with Crippen LogP contribution in [0.25, 0.3) is 12.2 Å². The molecular weight excluding hydrogens is 492 g/mol. The second-order valence-electron chi connectivity index (χ2n) is 8.40. The van der Waals surface area contributed by atoms with E-state index in [1.807, 2.05) is 24.4 Å². The Kier molecular flexibility index (Phi) is 10.3. The molecule has 2 aromatic carbocycles. The molecular formula is C28H32N2O6S. The topological polar surface area (TPSA) is 103 Å². The Balaban J connectivity index is 0.000000266. The summed E-state index contributed by atoms with van der Waals surface area (Å²) in [4.78, 5) is 4.19. The van der Waals surface area contributed by atoms with Crippen LogP contribution in [-0.2, 0) is 28.0 Å². The molecule has 1 unspecified atom stereocenters. The minimum atomic E-state index is -4.06. The molecule has 8 nitrogen and oxygen atoms in total. The molecule has 0 spiro atoms. The molecule has 3 aromatic rings. The predicted octanol–water partition coefficient (Wildman–Crippen LogP) is 4.62. The van der Waals surface area contributed by atoms with Gasteiger partial charge in [-0.15, -0.1) is 0 Å². The number of β-amino-alcohol motifs (C(OH)–C–C–N with tert-alkyl or cyclic N) is 1. The summed E-state index contributed by atoms with van der Waals surface area (Å²) in [5.41, 5.74) is 3.18. The maximum absolute atomic E-state index is 10.6. The molecule has 0 saturated carbocycles. The van der Waals surface area contributed by atoms with E-state index in [0.717, 1.165) is 30.1 Å². The Morgan fingerprint density at radius 1 is 0.973 bits per heavy atom. The lowest BCUT2D eigenvalue weighted by molar-refractivity contribution is 0.00916. The number of aliphatic hydroxyl groups excluding tert-OH is 1. The second kappa shape index (κ2) is 13.6. The lowest BCUT2D eigenvalue weighted by Crippen LogP contribution is -2.33. The van der Waals surface area contributed by atoms with Crippen molar-refractivity contribution in [1.82, 2.24) is 9.80 Å². The molecule has 0 fully saturated rings. The number of benzene rings is 2. The van der Waals surface area contributed by atoms with Gasteiger partial charge in [0.25, 0.3) is 10.1 Å². The Labute approximate surface area is 218 Å². The van der Waals surface area contributed by atoms with Crippen molar-refractivity contribution in [3.8, 4) is 0 Å². The highest BCUT2D eigenvalue weighted by atomic mass is 32.2. The summed E-state index contributed by atoms with van der Waals surface area (Å²) < 4.78 is 40.4. The summed E-state index contributed by atoms with van der Waals surface area (Å²) >= 11 is 0. The van der Waals surface area contributed by atoms with Crippen LogP contribution < -0.4 is 0 Å². The Morgan fingerprint density at radius 2 is 1.59 bits per heavy atom. The van der Waals surface area contributed by atoms with Crippen molar-refractivity contribution in [2.24, 2.45) is 0 Å². The van der Waals surface area contributed by atoms with Crippen molar-refractivity contribution >= 4 is 22.3 Å². The van der Waals surface area contributed by atoms with E-state index in [2.05, 4.69) is 53.4 Å². The van der Waals surface area contributed by atoms with Crippen LogP contribution in [0.3, 0.4) is 0 Å². The zero-order chi connectivity index (χ0) is 26.7. The molecule has 1 aliphatic heterocycles. The number of ether oxygens (including phenoxy) is 1. The average molecular weight is 525 g/mol. The van der Waals surface area contributed by atoms with E-state index in [4.69, 9.17) is 13.7 Å². The first kappa shape index (κ1) is 27.9. The fourth-order valence-electron chi connectivity index (χ4n) is 3.52. The molecule has 0 bridgehead atoms. The van der Waals surface area contributed by atoms with Gasteiger partial charge in [0.2, 0.25) is 0 Å². The van der Waals surface area contributed by atoms with Gasteiger partial charge in [-0.25, -0.2) is 0 Å². The smallest absolute Gasteiger partial charge is 0.294 e. The SMILES string of the molecule is C=Cc1ccc(CN2C=CN(CC(O)COCc3ccco3)C2)cc1.C=Cc1ccc(S(=O)(=O)O)cc1. The van der Waals surface area contributed by atoms with E-state index in [1.54, 1.807) is 24.5 Å². The molecule has 1 aromatic heterocycles. The van der Waals surface area contributed by atoms with Crippen LogP contribution in [0.15, 0.2) is 102 Å². The van der Waals surface area contributed by atoms with Gasteiger partial charge < -0.3 is 24.1 Å². The highest BCUT2D eigenvalue weighted by molar-refractivity contribution is 7.85. The van der Waals surface area contributed by atoms with Crippen LogP contribution in [0.1, 0.15) is 22.5 Å². The molecule has 0 aliphatic carbocycles. The van der Waals surface area contributed by atoms with Crippen molar-refractivity contribution in [3.63, 3.8) is 0 Å². The quantitative estimate of drug-likeness (QED) is 0.350. The van der Waals surface area contributed by atoms with E-state index in [9.17, 15) is 13.5 Å². The van der Waals surface area contributed by atoms with Gasteiger partial charge in [-0.05, 0) is 41.0 Å². The average Bonchev–Trinajstić information content (AvgIpc) is 3.57. The Bertz CT molecular complexity index is 1250. The third kappa shape index (κ3) is 9.40. The normalized spacial score (nSPS) is 13.7. The molecule has 2 N–H and O–H groups in total. The Hall–Kier alpha value is -3.63. The zero-order valence-corrected chi connectivity index (χ0v) is 21.3. The fraction of sp³-hybridized carbons (Fsp3) is 0.214. The van der Waals surface area contributed by atoms with Gasteiger partial charge in [0, 0.05) is 25.5 Å². The third-order valence-electron chi connectivity index (χ3n) is 5.45. The van der Waals surface area contributed by atoms with Crippen LogP contribution in [0.4, 0.5) is 0 Å². The van der Waals surface area contributed by atoms with Gasteiger partial charge in [-0.1, -0.05) is 61.7 Å². The molecule has 0 radical (unpaired) electrons. The zero-order valence-electron chi connectivity index (χ0n) is 20.5. The summed E-state index contributed by atoms with van der Waals surface area (Å²) in [6, 6.07) is 17.8. The van der Waals surface area contributed by atoms with Crippen molar-refractivity contribution in [2.75, 3.05) is 19.8 Å².